The van der Waals surface area contributed by atoms with E-state index >= 15 is 0 Å². The fraction of sp³-hybridized carbons (Fsp3) is 0.647. The Labute approximate surface area is 291 Å². The number of nitrogens with zero attached hydrogens (tertiary/aromatic N) is 2. The molecule has 6 amide bonds. The SMILES string of the molecule is CC(C)(C)[C@H](NC(=O)N[C@H](C(=O)N1C[C@H]2[C@@H]([C@H]1C(=O)NC(CC1CC1)C(=O)C(N)=O)C2(Cl)Cl)C(C)(C)C)C(=O)N1Cc2ccccc2C1. The molecule has 1 unspecified atom stereocenters. The predicted octanol–water partition coefficient (Wildman–Crippen LogP) is 2.63. The lowest BCUT2D eigenvalue weighted by Crippen LogP contribution is -2.63. The van der Waals surface area contributed by atoms with Crippen molar-refractivity contribution >= 4 is 58.6 Å². The number of hydrogen-bond acceptors (Lipinski definition) is 6. The van der Waals surface area contributed by atoms with E-state index < -0.39 is 80.7 Å². The van der Waals surface area contributed by atoms with Gasteiger partial charge in [0.05, 0.1) is 6.04 Å². The minimum atomic E-state index is -1.25. The normalized spacial score (nSPS) is 24.5. The standard InChI is InChI=1S/C34H46Cl2N6O6/c1-32(2,3)25(29(46)41-14-18-9-7-8-10-19(18)15-41)39-31(48)40-26(33(4,5)6)30(47)42-16-20-22(34(20,35)36)23(42)28(45)38-21(13-17-11-12-17)24(43)27(37)44/h7-10,17,20-23,25-26H,11-16H2,1-6H3,(H2,37,44)(H,38,45)(H2,39,40,48)/t20-,21?,22-,23-,25+,26+/m0/s1. The van der Waals surface area contributed by atoms with Crippen LogP contribution in [0.25, 0.3) is 0 Å². The number of alkyl halides is 2. The van der Waals surface area contributed by atoms with Crippen molar-refractivity contribution in [3.63, 3.8) is 0 Å². The zero-order chi connectivity index (χ0) is 35.5. The first kappa shape index (κ1) is 35.9. The van der Waals surface area contributed by atoms with Crippen LogP contribution in [0, 0.1) is 28.6 Å². The van der Waals surface area contributed by atoms with Gasteiger partial charge < -0.3 is 31.5 Å². The number of piperidine rings is 1. The number of carbonyl (C=O) groups excluding carboxylic acids is 6. The van der Waals surface area contributed by atoms with Crippen LogP contribution in [0.5, 0.6) is 0 Å². The second-order valence-electron chi connectivity index (χ2n) is 15.9. The van der Waals surface area contributed by atoms with Crippen LogP contribution in [0.1, 0.15) is 71.9 Å². The molecule has 0 bridgehead atoms. The van der Waals surface area contributed by atoms with E-state index in [1.807, 2.05) is 45.0 Å². The lowest BCUT2D eigenvalue weighted by atomic mass is 9.85. The average Bonchev–Trinajstić information content (AvgIpc) is 3.74. The van der Waals surface area contributed by atoms with Crippen molar-refractivity contribution in [2.24, 2.45) is 34.3 Å². The first-order valence-corrected chi connectivity index (χ1v) is 17.2. The van der Waals surface area contributed by atoms with Gasteiger partial charge in [-0.3, -0.25) is 24.0 Å². The van der Waals surface area contributed by atoms with Crippen molar-refractivity contribution in [2.45, 2.75) is 102 Å². The van der Waals surface area contributed by atoms with Gasteiger partial charge in [0.15, 0.2) is 0 Å². The molecule has 4 aliphatic rings. The van der Waals surface area contributed by atoms with Crippen molar-refractivity contribution < 1.29 is 28.8 Å². The third-order valence-electron chi connectivity index (χ3n) is 9.96. The summed E-state index contributed by atoms with van der Waals surface area (Å²) in [6.45, 7) is 11.8. The molecule has 1 saturated heterocycles. The molecule has 0 spiro atoms. The first-order chi connectivity index (χ1) is 22.2. The van der Waals surface area contributed by atoms with Gasteiger partial charge in [0.2, 0.25) is 23.5 Å². The minimum Gasteiger partial charge on any atom is -0.363 e. The average molecular weight is 706 g/mol. The number of Topliss-reactive ketones (excluding diaryl/α,β-unsaturated/α-hetero) is 1. The number of urea groups is 1. The number of rotatable bonds is 10. The van der Waals surface area contributed by atoms with Crippen LogP contribution in [0.2, 0.25) is 0 Å². The highest BCUT2D eigenvalue weighted by Crippen LogP contribution is 2.65. The summed E-state index contributed by atoms with van der Waals surface area (Å²) in [6, 6.07) is 2.80. The van der Waals surface area contributed by atoms with E-state index in [2.05, 4.69) is 16.0 Å². The molecule has 2 aliphatic carbocycles. The number of hydrogen-bond donors (Lipinski definition) is 4. The lowest BCUT2D eigenvalue weighted by molar-refractivity contribution is -0.144. The van der Waals surface area contributed by atoms with E-state index in [1.54, 1.807) is 25.7 Å². The fourth-order valence-electron chi connectivity index (χ4n) is 6.92. The molecule has 1 aromatic rings. The van der Waals surface area contributed by atoms with Gasteiger partial charge in [-0.25, -0.2) is 4.79 Å². The van der Waals surface area contributed by atoms with Crippen LogP contribution in [0.4, 0.5) is 4.79 Å². The Morgan fingerprint density at radius 3 is 1.88 bits per heavy atom. The molecule has 3 fully saturated rings. The molecule has 2 saturated carbocycles. The maximum absolute atomic E-state index is 14.3. The van der Waals surface area contributed by atoms with E-state index in [4.69, 9.17) is 28.9 Å². The maximum Gasteiger partial charge on any atom is 0.316 e. The van der Waals surface area contributed by atoms with Gasteiger partial charge in [-0.2, -0.15) is 0 Å². The Balaban J connectivity index is 1.32. The number of fused-ring (bicyclic) bond motifs is 2. The zero-order valence-corrected chi connectivity index (χ0v) is 29.8. The number of carbonyl (C=O) groups is 6. The summed E-state index contributed by atoms with van der Waals surface area (Å²) in [5.41, 5.74) is 5.90. The number of primary amides is 1. The largest absolute Gasteiger partial charge is 0.363 e. The molecule has 48 heavy (non-hydrogen) atoms. The van der Waals surface area contributed by atoms with Crippen molar-refractivity contribution in [3.05, 3.63) is 35.4 Å². The third kappa shape index (κ3) is 7.29. The van der Waals surface area contributed by atoms with Gasteiger partial charge in [-0.15, -0.1) is 23.2 Å². The molecule has 12 nitrogen and oxygen atoms in total. The molecule has 262 valence electrons. The van der Waals surface area contributed by atoms with Crippen LogP contribution in [0.15, 0.2) is 24.3 Å². The molecule has 0 radical (unpaired) electrons. The highest BCUT2D eigenvalue weighted by Gasteiger charge is 2.74. The molecule has 5 N–H and O–H groups in total. The summed E-state index contributed by atoms with van der Waals surface area (Å²) in [7, 11) is 0. The Morgan fingerprint density at radius 2 is 1.40 bits per heavy atom. The number of halogens is 2. The van der Waals surface area contributed by atoms with E-state index in [0.717, 1.165) is 24.0 Å². The number of ketones is 1. The molecule has 0 aromatic heterocycles. The van der Waals surface area contributed by atoms with E-state index in [-0.39, 0.29) is 24.8 Å². The van der Waals surface area contributed by atoms with Gasteiger partial charge in [-0.1, -0.05) is 78.6 Å². The molecule has 14 heteroatoms. The summed E-state index contributed by atoms with van der Waals surface area (Å²) >= 11 is 13.0. The first-order valence-electron chi connectivity index (χ1n) is 16.5. The summed E-state index contributed by atoms with van der Waals surface area (Å²) < 4.78 is -1.25. The van der Waals surface area contributed by atoms with Gasteiger partial charge in [0, 0.05) is 31.5 Å². The number of nitrogens with two attached hydrogens (primary N) is 1. The van der Waals surface area contributed by atoms with E-state index in [1.165, 1.54) is 4.90 Å². The predicted molar refractivity (Wildman–Crippen MR) is 179 cm³/mol. The van der Waals surface area contributed by atoms with Gasteiger partial charge in [-0.05, 0) is 34.3 Å². The zero-order valence-electron chi connectivity index (χ0n) is 28.3. The topological polar surface area (TPSA) is 171 Å². The molecule has 1 aromatic carbocycles. The molecule has 2 aliphatic heterocycles. The second kappa shape index (κ2) is 12.8. The Kier molecular flexibility index (Phi) is 9.59. The van der Waals surface area contributed by atoms with Crippen LogP contribution < -0.4 is 21.7 Å². The highest BCUT2D eigenvalue weighted by atomic mass is 35.5. The van der Waals surface area contributed by atoms with E-state index in [9.17, 15) is 28.8 Å². The Morgan fingerprint density at radius 1 is 0.875 bits per heavy atom. The van der Waals surface area contributed by atoms with Gasteiger partial charge in [0.1, 0.15) is 22.5 Å². The summed E-state index contributed by atoms with van der Waals surface area (Å²) in [6.07, 6.45) is 2.01. The van der Waals surface area contributed by atoms with E-state index in [0.29, 0.717) is 13.1 Å². The summed E-state index contributed by atoms with van der Waals surface area (Å²) in [5, 5.41) is 8.28. The van der Waals surface area contributed by atoms with Crippen LogP contribution in [-0.2, 0) is 37.1 Å². The summed E-state index contributed by atoms with van der Waals surface area (Å²) in [5.74, 6) is -4.34. The van der Waals surface area contributed by atoms with Crippen LogP contribution >= 0.6 is 23.2 Å². The van der Waals surface area contributed by atoms with Crippen LogP contribution in [-0.4, -0.2) is 80.3 Å². The highest BCUT2D eigenvalue weighted by molar-refractivity contribution is 6.51. The molecule has 6 atom stereocenters. The minimum absolute atomic E-state index is 0.0557. The number of benzene rings is 1. The third-order valence-corrected chi connectivity index (χ3v) is 11.0. The van der Waals surface area contributed by atoms with Crippen molar-refractivity contribution in [3.8, 4) is 0 Å². The van der Waals surface area contributed by atoms with Crippen molar-refractivity contribution in [2.75, 3.05) is 6.54 Å². The Bertz CT molecular complexity index is 1490. The molecular weight excluding hydrogens is 659 g/mol. The number of nitrogens with one attached hydrogen (secondary N) is 3. The van der Waals surface area contributed by atoms with Gasteiger partial charge in [0.25, 0.3) is 5.91 Å². The molecule has 2 heterocycles. The second-order valence-corrected chi connectivity index (χ2v) is 17.3. The number of amides is 6. The molecule has 5 rings (SSSR count). The van der Waals surface area contributed by atoms with Crippen molar-refractivity contribution in [1.29, 1.82) is 0 Å². The quantitative estimate of drug-likeness (QED) is 0.216. The Hall–Kier alpha value is -3.38. The lowest BCUT2D eigenvalue weighted by Gasteiger charge is -2.38. The molecular formula is C34H46Cl2N6O6. The van der Waals surface area contributed by atoms with Crippen LogP contribution in [0.3, 0.4) is 0 Å². The monoisotopic (exact) mass is 704 g/mol. The maximum atomic E-state index is 14.3. The number of likely N-dealkylation sites (tertiary alicyclic amines) is 1. The fourth-order valence-corrected chi connectivity index (χ4v) is 7.75. The van der Waals surface area contributed by atoms with Gasteiger partial charge >= 0.3 is 6.03 Å². The summed E-state index contributed by atoms with van der Waals surface area (Å²) in [4.78, 5) is 82.9. The van der Waals surface area contributed by atoms with Crippen molar-refractivity contribution in [1.82, 2.24) is 25.8 Å². The smallest absolute Gasteiger partial charge is 0.316 e.